The number of rotatable bonds is 18. The highest BCUT2D eigenvalue weighted by molar-refractivity contribution is 5.93. The summed E-state index contributed by atoms with van der Waals surface area (Å²) in [6.45, 7) is 9.32. The summed E-state index contributed by atoms with van der Waals surface area (Å²) >= 11 is 0. The number of carbonyl (C=O) groups excluding carboxylic acids is 1. The molecule has 0 N–H and O–H groups in total. The number of esters is 1. The third-order valence-electron chi connectivity index (χ3n) is 7.01. The van der Waals surface area contributed by atoms with Crippen LogP contribution in [0.15, 0.2) is 81.0 Å². The summed E-state index contributed by atoms with van der Waals surface area (Å²) in [6.07, 6.45) is 15.6. The molecule has 0 aliphatic carbocycles. The molecule has 42 heavy (non-hydrogen) atoms. The van der Waals surface area contributed by atoms with Crippen LogP contribution in [0.4, 0.5) is 0 Å². The van der Waals surface area contributed by atoms with Gasteiger partial charge in [0.2, 0.25) is 0 Å². The van der Waals surface area contributed by atoms with Crippen LogP contribution >= 0.6 is 0 Å². The Bertz CT molecular complexity index is 1380. The molecule has 3 aromatic rings. The molecule has 0 amide bonds. The zero-order chi connectivity index (χ0) is 30.2. The molecule has 1 aromatic heterocycles. The van der Waals surface area contributed by atoms with Crippen LogP contribution in [-0.4, -0.2) is 19.2 Å². The van der Waals surface area contributed by atoms with E-state index in [1.807, 2.05) is 0 Å². The topological polar surface area (TPSA) is 75.0 Å². The Labute approximate surface area is 250 Å². The number of fused-ring (bicyclic) bond motifs is 1. The van der Waals surface area contributed by atoms with E-state index in [-0.39, 0.29) is 11.5 Å². The van der Waals surface area contributed by atoms with Crippen LogP contribution in [-0.2, 0) is 0 Å². The summed E-state index contributed by atoms with van der Waals surface area (Å²) in [6, 6.07) is 13.8. The lowest BCUT2D eigenvalue weighted by atomic mass is 10.1. The quantitative estimate of drug-likeness (QED) is 0.0652. The molecule has 0 unspecified atom stereocenters. The summed E-state index contributed by atoms with van der Waals surface area (Å²) in [7, 11) is 0. The largest absolute Gasteiger partial charge is 0.489 e. The number of carbonyl (C=O) groups is 1. The van der Waals surface area contributed by atoms with Crippen LogP contribution in [0.3, 0.4) is 0 Å². The molecule has 0 saturated heterocycles. The Balaban J connectivity index is 1.74. The van der Waals surface area contributed by atoms with Crippen LogP contribution in [0, 0.1) is 0 Å². The van der Waals surface area contributed by atoms with E-state index in [1.165, 1.54) is 43.3 Å². The van der Waals surface area contributed by atoms with Crippen molar-refractivity contribution >= 4 is 16.9 Å². The van der Waals surface area contributed by atoms with Gasteiger partial charge < -0.3 is 18.6 Å². The number of ether oxygens (including phenoxy) is 3. The number of benzene rings is 2. The molecule has 0 fully saturated rings. The Hall–Kier alpha value is -3.80. The Morgan fingerprint density at radius 1 is 0.833 bits per heavy atom. The Kier molecular flexibility index (Phi) is 13.9. The van der Waals surface area contributed by atoms with Crippen LogP contribution < -0.4 is 19.8 Å². The van der Waals surface area contributed by atoms with E-state index in [0.29, 0.717) is 35.5 Å². The molecule has 0 bridgehead atoms. The van der Waals surface area contributed by atoms with E-state index in [4.69, 9.17) is 18.6 Å². The van der Waals surface area contributed by atoms with Gasteiger partial charge in [0, 0.05) is 6.07 Å². The predicted octanol–water partition coefficient (Wildman–Crippen LogP) is 9.60. The smallest absolute Gasteiger partial charge is 0.383 e. The summed E-state index contributed by atoms with van der Waals surface area (Å²) in [4.78, 5) is 25.9. The third-order valence-corrected chi connectivity index (χ3v) is 7.01. The second-order valence-corrected chi connectivity index (χ2v) is 11.0. The normalized spacial score (nSPS) is 11.4. The SMILES string of the molecule is CCCCCCCCCCOc1c(OC(=O)c2ccccc2)c(=O)oc2cc(OCC=C(C)CCC=C(C)C)ccc12. The first-order chi connectivity index (χ1) is 20.4. The predicted molar refractivity (Wildman–Crippen MR) is 170 cm³/mol. The lowest BCUT2D eigenvalue weighted by Gasteiger charge is -2.14. The van der Waals surface area contributed by atoms with Crippen molar-refractivity contribution in [3.05, 3.63) is 87.8 Å². The van der Waals surface area contributed by atoms with Crippen molar-refractivity contribution in [3.63, 3.8) is 0 Å². The molecular weight excluding hydrogens is 528 g/mol. The van der Waals surface area contributed by atoms with Gasteiger partial charge in [0.05, 0.1) is 17.6 Å². The molecule has 0 atom stereocenters. The lowest BCUT2D eigenvalue weighted by molar-refractivity contribution is 0.0721. The van der Waals surface area contributed by atoms with Gasteiger partial charge in [0.25, 0.3) is 5.75 Å². The van der Waals surface area contributed by atoms with Crippen molar-refractivity contribution < 1.29 is 23.4 Å². The molecule has 1 heterocycles. The molecule has 6 nitrogen and oxygen atoms in total. The van der Waals surface area contributed by atoms with Crippen LogP contribution in [0.5, 0.6) is 17.2 Å². The number of unbranched alkanes of at least 4 members (excludes halogenated alkanes) is 7. The maximum absolute atomic E-state index is 13.1. The van der Waals surface area contributed by atoms with Gasteiger partial charge in [-0.25, -0.2) is 9.59 Å². The fourth-order valence-electron chi connectivity index (χ4n) is 4.56. The molecule has 3 rings (SSSR count). The maximum atomic E-state index is 13.1. The minimum atomic E-state index is -0.773. The second-order valence-electron chi connectivity index (χ2n) is 11.0. The van der Waals surface area contributed by atoms with E-state index in [1.54, 1.807) is 48.5 Å². The highest BCUT2D eigenvalue weighted by Crippen LogP contribution is 2.35. The van der Waals surface area contributed by atoms with Gasteiger partial charge in [-0.15, -0.1) is 0 Å². The summed E-state index contributed by atoms with van der Waals surface area (Å²) in [5, 5.41) is 0.547. The zero-order valence-electron chi connectivity index (χ0n) is 25.7. The molecule has 6 heteroatoms. The van der Waals surface area contributed by atoms with E-state index in [9.17, 15) is 9.59 Å². The van der Waals surface area contributed by atoms with Gasteiger partial charge in [-0.1, -0.05) is 87.3 Å². The Morgan fingerprint density at radius 2 is 1.55 bits per heavy atom. The molecular formula is C36H46O6. The molecule has 0 spiro atoms. The van der Waals surface area contributed by atoms with Gasteiger partial charge in [-0.2, -0.15) is 0 Å². The highest BCUT2D eigenvalue weighted by Gasteiger charge is 2.22. The van der Waals surface area contributed by atoms with E-state index in [0.717, 1.165) is 32.1 Å². The van der Waals surface area contributed by atoms with E-state index < -0.39 is 11.6 Å². The van der Waals surface area contributed by atoms with Crippen molar-refractivity contribution in [1.29, 1.82) is 0 Å². The lowest BCUT2D eigenvalue weighted by Crippen LogP contribution is -2.16. The third kappa shape index (κ3) is 10.9. The van der Waals surface area contributed by atoms with E-state index >= 15 is 0 Å². The van der Waals surface area contributed by atoms with Crippen LogP contribution in [0.1, 0.15) is 102 Å². The molecule has 0 radical (unpaired) electrons. The summed E-state index contributed by atoms with van der Waals surface area (Å²) in [5.74, 6) is -0.0949. The number of allylic oxidation sites excluding steroid dienone is 3. The molecule has 0 aliphatic heterocycles. The van der Waals surface area contributed by atoms with Gasteiger partial charge >= 0.3 is 11.6 Å². The molecule has 0 aliphatic rings. The van der Waals surface area contributed by atoms with E-state index in [2.05, 4.69) is 39.8 Å². The zero-order valence-corrected chi connectivity index (χ0v) is 25.7. The summed E-state index contributed by atoms with van der Waals surface area (Å²) < 4.78 is 23.2. The first kappa shape index (κ1) is 32.7. The standard InChI is InChI=1S/C36H46O6/c1-5-6-7-8-9-10-11-15-24-40-33-31-22-21-30(39-25-23-28(4)18-16-17-27(2)3)26-32(31)41-36(38)34(33)42-35(37)29-19-13-12-14-20-29/h12-14,17,19-23,26H,5-11,15-16,18,24-25H2,1-4H3. The minimum absolute atomic E-state index is 0.218. The first-order valence-electron chi connectivity index (χ1n) is 15.3. The maximum Gasteiger partial charge on any atom is 0.383 e. The van der Waals surface area contributed by atoms with Crippen LogP contribution in [0.2, 0.25) is 0 Å². The second kappa shape index (κ2) is 17.9. The average molecular weight is 575 g/mol. The molecule has 2 aromatic carbocycles. The fraction of sp³-hybridized carbons (Fsp3) is 0.444. The first-order valence-corrected chi connectivity index (χ1v) is 15.3. The highest BCUT2D eigenvalue weighted by atomic mass is 16.6. The Morgan fingerprint density at radius 3 is 2.26 bits per heavy atom. The van der Waals surface area contributed by atoms with Crippen molar-refractivity contribution in [3.8, 4) is 17.2 Å². The number of hydrogen-bond donors (Lipinski definition) is 0. The monoisotopic (exact) mass is 574 g/mol. The average Bonchev–Trinajstić information content (AvgIpc) is 2.97. The minimum Gasteiger partial charge on any atom is -0.489 e. The van der Waals surface area contributed by atoms with Gasteiger partial charge in [0.15, 0.2) is 5.75 Å². The van der Waals surface area contributed by atoms with Gasteiger partial charge in [-0.05, 0) is 70.4 Å². The van der Waals surface area contributed by atoms with Crippen molar-refractivity contribution in [2.45, 2.75) is 91.9 Å². The molecule has 0 saturated carbocycles. The van der Waals surface area contributed by atoms with Crippen molar-refractivity contribution in [2.75, 3.05) is 13.2 Å². The summed E-state index contributed by atoms with van der Waals surface area (Å²) in [5.41, 5.74) is 2.44. The van der Waals surface area contributed by atoms with Crippen molar-refractivity contribution in [1.82, 2.24) is 0 Å². The van der Waals surface area contributed by atoms with Gasteiger partial charge in [0.1, 0.15) is 17.9 Å². The molecule has 226 valence electrons. The fourth-order valence-corrected chi connectivity index (χ4v) is 4.56. The van der Waals surface area contributed by atoms with Gasteiger partial charge in [-0.3, -0.25) is 0 Å². The van der Waals surface area contributed by atoms with Crippen LogP contribution in [0.25, 0.3) is 11.0 Å². The van der Waals surface area contributed by atoms with Crippen molar-refractivity contribution in [2.24, 2.45) is 0 Å². The number of hydrogen-bond acceptors (Lipinski definition) is 6.